The largest absolute Gasteiger partial charge is 0.339 e. The van der Waals surface area contributed by atoms with Crippen LogP contribution in [0, 0.1) is 19.3 Å². The van der Waals surface area contributed by atoms with Crippen LogP contribution >= 0.6 is 0 Å². The van der Waals surface area contributed by atoms with Gasteiger partial charge in [0.1, 0.15) is 0 Å². The van der Waals surface area contributed by atoms with Gasteiger partial charge in [0.25, 0.3) is 5.91 Å². The van der Waals surface area contributed by atoms with Crippen molar-refractivity contribution < 1.29 is 9.59 Å². The van der Waals surface area contributed by atoms with Crippen molar-refractivity contribution >= 4 is 11.8 Å². The van der Waals surface area contributed by atoms with Crippen LogP contribution in [-0.4, -0.2) is 47.8 Å². The minimum absolute atomic E-state index is 0.0698. The lowest BCUT2D eigenvalue weighted by molar-refractivity contribution is -0.140. The molecule has 0 aliphatic carbocycles. The van der Waals surface area contributed by atoms with Crippen LogP contribution in [0.1, 0.15) is 42.3 Å². The molecule has 0 N–H and O–H groups in total. The number of carbonyl (C=O) groups excluding carboxylic acids is 2. The molecule has 0 bridgehead atoms. The fourth-order valence-electron chi connectivity index (χ4n) is 2.81. The van der Waals surface area contributed by atoms with Crippen LogP contribution in [-0.2, 0) is 4.79 Å². The van der Waals surface area contributed by atoms with E-state index in [4.69, 9.17) is 0 Å². The van der Waals surface area contributed by atoms with Gasteiger partial charge in [-0.25, -0.2) is 0 Å². The van der Waals surface area contributed by atoms with Gasteiger partial charge in [-0.2, -0.15) is 0 Å². The highest BCUT2D eigenvalue weighted by Gasteiger charge is 2.31. The molecule has 0 radical (unpaired) electrons. The van der Waals surface area contributed by atoms with E-state index in [1.54, 1.807) is 0 Å². The molecule has 1 aromatic carbocycles. The van der Waals surface area contributed by atoms with Crippen LogP contribution < -0.4 is 0 Å². The number of piperazine rings is 1. The van der Waals surface area contributed by atoms with Gasteiger partial charge in [0.2, 0.25) is 5.91 Å². The van der Waals surface area contributed by atoms with Gasteiger partial charge >= 0.3 is 0 Å². The number of aryl methyl sites for hydroxylation is 2. The molecule has 1 aliphatic heterocycles. The molecule has 1 heterocycles. The Morgan fingerprint density at radius 1 is 0.955 bits per heavy atom. The van der Waals surface area contributed by atoms with Crippen LogP contribution in [0.5, 0.6) is 0 Å². The molecule has 1 aromatic rings. The predicted molar refractivity (Wildman–Crippen MR) is 87.9 cm³/mol. The minimum atomic E-state index is -0.361. The molecule has 0 aromatic heterocycles. The van der Waals surface area contributed by atoms with Gasteiger partial charge < -0.3 is 9.80 Å². The summed E-state index contributed by atoms with van der Waals surface area (Å²) in [7, 11) is 0. The molecule has 4 heteroatoms. The van der Waals surface area contributed by atoms with Gasteiger partial charge in [-0.05, 0) is 25.5 Å². The Hall–Kier alpha value is -1.84. The summed E-state index contributed by atoms with van der Waals surface area (Å²) in [5.41, 5.74) is 2.58. The highest BCUT2D eigenvalue weighted by molar-refractivity contribution is 5.96. The van der Waals surface area contributed by atoms with E-state index >= 15 is 0 Å². The summed E-state index contributed by atoms with van der Waals surface area (Å²) in [6.07, 6.45) is 0. The first-order chi connectivity index (χ1) is 10.2. The number of hydrogen-bond acceptors (Lipinski definition) is 2. The number of hydrogen-bond donors (Lipinski definition) is 0. The summed E-state index contributed by atoms with van der Waals surface area (Å²) < 4.78 is 0. The van der Waals surface area contributed by atoms with Gasteiger partial charge in [-0.1, -0.05) is 38.5 Å². The maximum atomic E-state index is 12.6. The average molecular weight is 302 g/mol. The fourth-order valence-corrected chi connectivity index (χ4v) is 2.81. The molecule has 1 aliphatic rings. The lowest BCUT2D eigenvalue weighted by Gasteiger charge is -2.37. The normalized spacial score (nSPS) is 15.9. The van der Waals surface area contributed by atoms with Gasteiger partial charge in [0.05, 0.1) is 0 Å². The second-order valence-corrected chi connectivity index (χ2v) is 7.15. The summed E-state index contributed by atoms with van der Waals surface area (Å²) in [6, 6.07) is 5.91. The van der Waals surface area contributed by atoms with E-state index in [-0.39, 0.29) is 17.2 Å². The summed E-state index contributed by atoms with van der Waals surface area (Å²) in [5, 5.41) is 0. The van der Waals surface area contributed by atoms with E-state index in [1.807, 2.05) is 62.6 Å². The van der Waals surface area contributed by atoms with Crippen molar-refractivity contribution in [1.82, 2.24) is 9.80 Å². The number of carbonyl (C=O) groups is 2. The maximum absolute atomic E-state index is 12.6. The SMILES string of the molecule is Cc1ccc(C(=O)N2CCN(C(=O)C(C)(C)C)CC2)c(C)c1. The predicted octanol–water partition coefficient (Wildman–Crippen LogP) is 2.63. The zero-order valence-electron chi connectivity index (χ0n) is 14.3. The third-order valence-electron chi connectivity index (χ3n) is 4.11. The van der Waals surface area contributed by atoms with Crippen LogP contribution in [0.2, 0.25) is 0 Å². The molecule has 0 atom stereocenters. The van der Waals surface area contributed by atoms with E-state index in [1.165, 1.54) is 0 Å². The molecule has 0 saturated carbocycles. The van der Waals surface area contributed by atoms with E-state index in [9.17, 15) is 9.59 Å². The van der Waals surface area contributed by atoms with Crippen LogP contribution in [0.15, 0.2) is 18.2 Å². The van der Waals surface area contributed by atoms with Crippen molar-refractivity contribution in [1.29, 1.82) is 0 Å². The summed E-state index contributed by atoms with van der Waals surface area (Å²) in [5.74, 6) is 0.228. The van der Waals surface area contributed by atoms with E-state index in [0.717, 1.165) is 16.7 Å². The zero-order valence-corrected chi connectivity index (χ0v) is 14.3. The lowest BCUT2D eigenvalue weighted by atomic mass is 9.94. The Kier molecular flexibility index (Phi) is 4.59. The first-order valence-corrected chi connectivity index (χ1v) is 7.86. The Morgan fingerprint density at radius 2 is 1.50 bits per heavy atom. The number of benzene rings is 1. The molecule has 0 unspecified atom stereocenters. The average Bonchev–Trinajstić information content (AvgIpc) is 2.45. The van der Waals surface area contributed by atoms with Crippen molar-refractivity contribution in [2.45, 2.75) is 34.6 Å². The Bertz CT molecular complexity index is 579. The summed E-state index contributed by atoms with van der Waals surface area (Å²) in [6.45, 7) is 12.2. The third kappa shape index (κ3) is 3.49. The molecular weight excluding hydrogens is 276 g/mol. The van der Waals surface area contributed by atoms with Crippen molar-refractivity contribution in [2.24, 2.45) is 5.41 Å². The van der Waals surface area contributed by atoms with Gasteiger partial charge in [0.15, 0.2) is 0 Å². The highest BCUT2D eigenvalue weighted by Crippen LogP contribution is 2.20. The van der Waals surface area contributed by atoms with Crippen molar-refractivity contribution in [2.75, 3.05) is 26.2 Å². The van der Waals surface area contributed by atoms with Crippen LogP contribution in [0.3, 0.4) is 0 Å². The Balaban J connectivity index is 2.02. The first kappa shape index (κ1) is 16.5. The second-order valence-electron chi connectivity index (χ2n) is 7.15. The van der Waals surface area contributed by atoms with Gasteiger partial charge in [0, 0.05) is 37.2 Å². The standard InChI is InChI=1S/C18H26N2O2/c1-13-6-7-15(14(2)12-13)16(21)19-8-10-20(11-9-19)17(22)18(3,4)5/h6-7,12H,8-11H2,1-5H3. The third-order valence-corrected chi connectivity index (χ3v) is 4.11. The number of rotatable bonds is 1. The Morgan fingerprint density at radius 3 is 2.00 bits per heavy atom. The second kappa shape index (κ2) is 6.11. The molecule has 120 valence electrons. The fraction of sp³-hybridized carbons (Fsp3) is 0.556. The van der Waals surface area contributed by atoms with E-state index in [2.05, 4.69) is 0 Å². The Labute approximate surface area is 133 Å². The molecule has 2 rings (SSSR count). The smallest absolute Gasteiger partial charge is 0.254 e. The van der Waals surface area contributed by atoms with Crippen molar-refractivity contribution in [3.63, 3.8) is 0 Å². The molecule has 22 heavy (non-hydrogen) atoms. The molecule has 1 saturated heterocycles. The molecule has 1 fully saturated rings. The van der Waals surface area contributed by atoms with Crippen molar-refractivity contribution in [3.8, 4) is 0 Å². The van der Waals surface area contributed by atoms with Gasteiger partial charge in [-0.3, -0.25) is 9.59 Å². The summed E-state index contributed by atoms with van der Waals surface area (Å²) in [4.78, 5) is 28.6. The number of amides is 2. The molecule has 0 spiro atoms. The lowest BCUT2D eigenvalue weighted by Crippen LogP contribution is -2.53. The topological polar surface area (TPSA) is 40.6 Å². The van der Waals surface area contributed by atoms with Gasteiger partial charge in [-0.15, -0.1) is 0 Å². The highest BCUT2D eigenvalue weighted by atomic mass is 16.2. The molecule has 2 amide bonds. The minimum Gasteiger partial charge on any atom is -0.339 e. The van der Waals surface area contributed by atoms with Crippen LogP contribution in [0.25, 0.3) is 0 Å². The molecular formula is C18H26N2O2. The summed E-state index contributed by atoms with van der Waals surface area (Å²) >= 11 is 0. The number of nitrogens with zero attached hydrogens (tertiary/aromatic N) is 2. The van der Waals surface area contributed by atoms with E-state index in [0.29, 0.717) is 26.2 Å². The monoisotopic (exact) mass is 302 g/mol. The molecule has 4 nitrogen and oxygen atoms in total. The first-order valence-electron chi connectivity index (χ1n) is 7.86. The quantitative estimate of drug-likeness (QED) is 0.800. The zero-order chi connectivity index (χ0) is 16.5. The van der Waals surface area contributed by atoms with E-state index < -0.39 is 0 Å². The van der Waals surface area contributed by atoms with Crippen molar-refractivity contribution in [3.05, 3.63) is 34.9 Å². The van der Waals surface area contributed by atoms with Crippen LogP contribution in [0.4, 0.5) is 0 Å². The maximum Gasteiger partial charge on any atom is 0.254 e.